The van der Waals surface area contributed by atoms with Crippen molar-refractivity contribution in [3.05, 3.63) is 46.2 Å². The van der Waals surface area contributed by atoms with E-state index in [0.29, 0.717) is 11.4 Å². The van der Waals surface area contributed by atoms with Gasteiger partial charge in [-0.05, 0) is 62.2 Å². The first-order chi connectivity index (χ1) is 11.4. The smallest absolute Gasteiger partial charge is 0.241 e. The zero-order valence-corrected chi connectivity index (χ0v) is 15.2. The van der Waals surface area contributed by atoms with E-state index in [4.69, 9.17) is 0 Å². The Bertz CT molecular complexity index is 709. The van der Waals surface area contributed by atoms with Gasteiger partial charge >= 0.3 is 0 Å². The second-order valence-corrected chi connectivity index (χ2v) is 6.87. The standard InChI is InChI=1S/C18H23N3O2S/c1-12-9-10-24-17(12)11-21(4)13(2)18(23)20-16-7-5-15(6-8-16)19-14(3)22/h5-10,13H,11H2,1-4H3,(H,19,22)(H,20,23). The second-order valence-electron chi connectivity index (χ2n) is 5.87. The number of carbonyl (C=O) groups excluding carboxylic acids is 2. The Morgan fingerprint density at radius 1 is 1.12 bits per heavy atom. The summed E-state index contributed by atoms with van der Waals surface area (Å²) in [5.41, 5.74) is 2.67. The van der Waals surface area contributed by atoms with Crippen molar-refractivity contribution < 1.29 is 9.59 Å². The van der Waals surface area contributed by atoms with Crippen molar-refractivity contribution in [2.24, 2.45) is 0 Å². The van der Waals surface area contributed by atoms with Crippen molar-refractivity contribution >= 4 is 34.5 Å². The Morgan fingerprint density at radius 3 is 2.21 bits per heavy atom. The summed E-state index contributed by atoms with van der Waals surface area (Å²) in [5.74, 6) is -0.176. The minimum absolute atomic E-state index is 0.0565. The van der Waals surface area contributed by atoms with Crippen LogP contribution in [0.1, 0.15) is 24.3 Å². The van der Waals surface area contributed by atoms with Gasteiger partial charge in [-0.25, -0.2) is 0 Å². The number of aryl methyl sites for hydroxylation is 1. The number of anilines is 2. The molecule has 1 atom stereocenters. The summed E-state index contributed by atoms with van der Waals surface area (Å²) >= 11 is 1.71. The van der Waals surface area contributed by atoms with Crippen LogP contribution in [-0.4, -0.2) is 29.8 Å². The van der Waals surface area contributed by atoms with Crippen molar-refractivity contribution in [2.75, 3.05) is 17.7 Å². The molecule has 128 valence electrons. The first kappa shape index (κ1) is 18.2. The van der Waals surface area contributed by atoms with Gasteiger partial charge in [0.25, 0.3) is 0 Å². The number of nitrogens with one attached hydrogen (secondary N) is 2. The van der Waals surface area contributed by atoms with Gasteiger partial charge in [-0.2, -0.15) is 0 Å². The predicted molar refractivity (Wildman–Crippen MR) is 99.4 cm³/mol. The summed E-state index contributed by atoms with van der Waals surface area (Å²) in [6.45, 7) is 6.19. The van der Waals surface area contributed by atoms with Crippen LogP contribution in [0.4, 0.5) is 11.4 Å². The lowest BCUT2D eigenvalue weighted by Gasteiger charge is -2.23. The Kier molecular flexibility index (Phi) is 6.11. The van der Waals surface area contributed by atoms with E-state index in [0.717, 1.165) is 6.54 Å². The number of hydrogen-bond acceptors (Lipinski definition) is 4. The third-order valence-electron chi connectivity index (χ3n) is 3.87. The SMILES string of the molecule is CC(=O)Nc1ccc(NC(=O)C(C)N(C)Cc2sccc2C)cc1. The quantitative estimate of drug-likeness (QED) is 0.843. The van der Waals surface area contributed by atoms with Gasteiger partial charge in [0.05, 0.1) is 6.04 Å². The molecule has 24 heavy (non-hydrogen) atoms. The fourth-order valence-corrected chi connectivity index (χ4v) is 3.19. The molecule has 0 bridgehead atoms. The van der Waals surface area contributed by atoms with Crippen molar-refractivity contribution in [3.8, 4) is 0 Å². The van der Waals surface area contributed by atoms with Crippen LogP contribution in [0.15, 0.2) is 35.7 Å². The van der Waals surface area contributed by atoms with E-state index >= 15 is 0 Å². The number of hydrogen-bond donors (Lipinski definition) is 2. The fraction of sp³-hybridized carbons (Fsp3) is 0.333. The summed E-state index contributed by atoms with van der Waals surface area (Å²) in [4.78, 5) is 26.7. The summed E-state index contributed by atoms with van der Waals surface area (Å²) < 4.78 is 0. The van der Waals surface area contributed by atoms with Crippen LogP contribution in [0.2, 0.25) is 0 Å². The lowest BCUT2D eigenvalue weighted by atomic mass is 10.2. The molecule has 2 rings (SSSR count). The fourth-order valence-electron chi connectivity index (χ4n) is 2.22. The predicted octanol–water partition coefficient (Wildman–Crippen LogP) is 3.47. The molecule has 6 heteroatoms. The third-order valence-corrected chi connectivity index (χ3v) is 4.88. The first-order valence-electron chi connectivity index (χ1n) is 7.78. The van der Waals surface area contributed by atoms with Crippen LogP contribution in [-0.2, 0) is 16.1 Å². The molecule has 0 saturated carbocycles. The molecule has 0 aliphatic heterocycles. The van der Waals surface area contributed by atoms with Crippen molar-refractivity contribution in [2.45, 2.75) is 33.4 Å². The summed E-state index contributed by atoms with van der Waals surface area (Å²) in [6.07, 6.45) is 0. The van der Waals surface area contributed by atoms with E-state index in [2.05, 4.69) is 29.0 Å². The highest BCUT2D eigenvalue weighted by Gasteiger charge is 2.19. The van der Waals surface area contributed by atoms with E-state index in [-0.39, 0.29) is 17.9 Å². The highest BCUT2D eigenvalue weighted by Crippen LogP contribution is 2.19. The minimum atomic E-state index is -0.249. The average molecular weight is 345 g/mol. The molecule has 0 aliphatic rings. The Balaban J connectivity index is 1.93. The zero-order valence-electron chi connectivity index (χ0n) is 14.4. The zero-order chi connectivity index (χ0) is 17.7. The maximum Gasteiger partial charge on any atom is 0.241 e. The lowest BCUT2D eigenvalue weighted by molar-refractivity contribution is -0.120. The molecule has 0 radical (unpaired) electrons. The largest absolute Gasteiger partial charge is 0.326 e. The van der Waals surface area contributed by atoms with Crippen LogP contribution in [0.5, 0.6) is 0 Å². The topological polar surface area (TPSA) is 61.4 Å². The molecule has 2 amide bonds. The molecule has 5 nitrogen and oxygen atoms in total. The summed E-state index contributed by atoms with van der Waals surface area (Å²) in [5, 5.41) is 7.67. The molecule has 0 spiro atoms. The van der Waals surface area contributed by atoms with E-state index in [1.807, 2.05) is 18.9 Å². The number of amides is 2. The van der Waals surface area contributed by atoms with Crippen LogP contribution in [0.3, 0.4) is 0 Å². The third kappa shape index (κ3) is 4.91. The number of thiophene rings is 1. The Labute approximate surface area is 146 Å². The maximum absolute atomic E-state index is 12.4. The molecule has 1 aromatic carbocycles. The number of rotatable bonds is 6. The van der Waals surface area contributed by atoms with Gasteiger partial charge in [0.15, 0.2) is 0 Å². The van der Waals surface area contributed by atoms with E-state index in [9.17, 15) is 9.59 Å². The van der Waals surface area contributed by atoms with Gasteiger partial charge in [0, 0.05) is 29.7 Å². The first-order valence-corrected chi connectivity index (χ1v) is 8.66. The average Bonchev–Trinajstić information content (AvgIpc) is 2.93. The Hall–Kier alpha value is -2.18. The molecule has 2 N–H and O–H groups in total. The molecule has 0 aliphatic carbocycles. The van der Waals surface area contributed by atoms with Crippen LogP contribution >= 0.6 is 11.3 Å². The van der Waals surface area contributed by atoms with Crippen LogP contribution in [0, 0.1) is 6.92 Å². The highest BCUT2D eigenvalue weighted by molar-refractivity contribution is 7.10. The monoisotopic (exact) mass is 345 g/mol. The van der Waals surface area contributed by atoms with Gasteiger partial charge in [-0.3, -0.25) is 14.5 Å². The second kappa shape index (κ2) is 8.08. The number of benzene rings is 1. The van der Waals surface area contributed by atoms with Gasteiger partial charge in [0.2, 0.25) is 11.8 Å². The van der Waals surface area contributed by atoms with Crippen molar-refractivity contribution in [1.29, 1.82) is 0 Å². The van der Waals surface area contributed by atoms with E-state index < -0.39 is 0 Å². The van der Waals surface area contributed by atoms with E-state index in [1.165, 1.54) is 17.4 Å². The van der Waals surface area contributed by atoms with Gasteiger partial charge in [0.1, 0.15) is 0 Å². The number of likely N-dealkylation sites (N-methyl/N-ethyl adjacent to an activating group) is 1. The maximum atomic E-state index is 12.4. The van der Waals surface area contributed by atoms with Gasteiger partial charge < -0.3 is 10.6 Å². The van der Waals surface area contributed by atoms with Crippen molar-refractivity contribution in [3.63, 3.8) is 0 Å². The summed E-state index contributed by atoms with van der Waals surface area (Å²) in [7, 11) is 1.95. The van der Waals surface area contributed by atoms with E-state index in [1.54, 1.807) is 35.6 Å². The minimum Gasteiger partial charge on any atom is -0.326 e. The number of carbonyl (C=O) groups is 2. The number of nitrogens with zero attached hydrogens (tertiary/aromatic N) is 1. The normalized spacial score (nSPS) is 12.0. The molecule has 0 saturated heterocycles. The molecule has 0 fully saturated rings. The highest BCUT2D eigenvalue weighted by atomic mass is 32.1. The molecule has 2 aromatic rings. The molecule has 1 unspecified atom stereocenters. The van der Waals surface area contributed by atoms with Gasteiger partial charge in [-0.1, -0.05) is 0 Å². The van der Waals surface area contributed by atoms with Crippen molar-refractivity contribution in [1.82, 2.24) is 4.90 Å². The summed E-state index contributed by atoms with van der Waals surface area (Å²) in [6, 6.07) is 8.93. The van der Waals surface area contributed by atoms with Gasteiger partial charge in [-0.15, -0.1) is 11.3 Å². The molecular weight excluding hydrogens is 322 g/mol. The molecule has 1 heterocycles. The molecule has 1 aromatic heterocycles. The molecular formula is C18H23N3O2S. The van der Waals surface area contributed by atoms with Crippen LogP contribution < -0.4 is 10.6 Å². The van der Waals surface area contributed by atoms with Crippen LogP contribution in [0.25, 0.3) is 0 Å². The Morgan fingerprint density at radius 2 is 1.71 bits per heavy atom. The lowest BCUT2D eigenvalue weighted by Crippen LogP contribution is -2.39.